The van der Waals surface area contributed by atoms with Gasteiger partial charge in [-0.1, -0.05) is 23.7 Å². The predicted octanol–water partition coefficient (Wildman–Crippen LogP) is 5.29. The van der Waals surface area contributed by atoms with Crippen LogP contribution in [0.1, 0.15) is 24.2 Å². The highest BCUT2D eigenvalue weighted by atomic mass is 35.5. The fraction of sp³-hybridized carbons (Fsp3) is 0.222. The summed E-state index contributed by atoms with van der Waals surface area (Å²) in [5.41, 5.74) is 3.00. The van der Waals surface area contributed by atoms with E-state index in [1.165, 1.54) is 0 Å². The summed E-state index contributed by atoms with van der Waals surface area (Å²) in [5, 5.41) is 7.73. The number of benzene rings is 1. The van der Waals surface area contributed by atoms with Gasteiger partial charge in [0, 0.05) is 28.4 Å². The Bertz CT molecular complexity index is 812. The molecule has 2 heterocycles. The zero-order valence-electron chi connectivity index (χ0n) is 13.4. The highest BCUT2D eigenvalue weighted by Crippen LogP contribution is 2.26. The fourth-order valence-electron chi connectivity index (χ4n) is 2.37. The quantitative estimate of drug-likeness (QED) is 0.606. The van der Waals surface area contributed by atoms with Crippen molar-refractivity contribution >= 4 is 40.2 Å². The van der Waals surface area contributed by atoms with Crippen LogP contribution in [0.15, 0.2) is 46.5 Å². The fourth-order valence-corrected chi connectivity index (χ4v) is 4.03. The molecule has 0 bridgehead atoms. The number of carbonyl (C=O) groups excluding carboxylic acids is 1. The van der Waals surface area contributed by atoms with E-state index in [-0.39, 0.29) is 11.9 Å². The van der Waals surface area contributed by atoms with E-state index in [0.717, 1.165) is 21.8 Å². The van der Waals surface area contributed by atoms with Crippen molar-refractivity contribution in [1.29, 1.82) is 0 Å². The Morgan fingerprint density at radius 2 is 2.00 bits per heavy atom. The van der Waals surface area contributed by atoms with Crippen molar-refractivity contribution in [3.8, 4) is 10.6 Å². The van der Waals surface area contributed by atoms with Gasteiger partial charge >= 0.3 is 0 Å². The summed E-state index contributed by atoms with van der Waals surface area (Å²) < 4.78 is 0. The second-order valence-electron chi connectivity index (χ2n) is 5.56. The van der Waals surface area contributed by atoms with Crippen molar-refractivity contribution in [1.82, 2.24) is 9.88 Å². The molecule has 3 rings (SSSR count). The van der Waals surface area contributed by atoms with Crippen LogP contribution in [0, 0.1) is 0 Å². The Balaban J connectivity index is 1.67. The average molecular weight is 377 g/mol. The number of halogens is 1. The van der Waals surface area contributed by atoms with Gasteiger partial charge in [0.05, 0.1) is 18.2 Å². The average Bonchev–Trinajstić information content (AvgIpc) is 3.25. The second kappa shape index (κ2) is 7.47. The van der Waals surface area contributed by atoms with Crippen LogP contribution in [0.4, 0.5) is 0 Å². The number of rotatable bonds is 5. The largest absolute Gasteiger partial charge is 0.339 e. The van der Waals surface area contributed by atoms with E-state index >= 15 is 0 Å². The topological polar surface area (TPSA) is 33.2 Å². The molecule has 0 unspecified atom stereocenters. The first-order valence-electron chi connectivity index (χ1n) is 7.52. The third-order valence-electron chi connectivity index (χ3n) is 3.98. The summed E-state index contributed by atoms with van der Waals surface area (Å²) in [6.45, 7) is 2.01. The van der Waals surface area contributed by atoms with Gasteiger partial charge in [0.2, 0.25) is 5.91 Å². The molecule has 2 aromatic heterocycles. The highest BCUT2D eigenvalue weighted by molar-refractivity contribution is 7.14. The zero-order valence-corrected chi connectivity index (χ0v) is 15.8. The van der Waals surface area contributed by atoms with E-state index in [4.69, 9.17) is 11.6 Å². The Morgan fingerprint density at radius 3 is 2.67 bits per heavy atom. The molecule has 0 N–H and O–H groups in total. The molecule has 0 spiro atoms. The molecule has 0 saturated heterocycles. The number of amides is 1. The number of thiazole rings is 1. The van der Waals surface area contributed by atoms with Crippen LogP contribution in [0.2, 0.25) is 5.02 Å². The van der Waals surface area contributed by atoms with Gasteiger partial charge in [-0.15, -0.1) is 11.3 Å². The first-order valence-corrected chi connectivity index (χ1v) is 9.72. The summed E-state index contributed by atoms with van der Waals surface area (Å²) in [6, 6.07) is 9.63. The minimum absolute atomic E-state index is 0.00949. The molecule has 0 aliphatic carbocycles. The van der Waals surface area contributed by atoms with E-state index in [9.17, 15) is 4.79 Å². The zero-order chi connectivity index (χ0) is 17.1. The van der Waals surface area contributed by atoms with Gasteiger partial charge in [-0.2, -0.15) is 11.3 Å². The minimum Gasteiger partial charge on any atom is -0.339 e. The normalized spacial score (nSPS) is 12.1. The summed E-state index contributed by atoms with van der Waals surface area (Å²) in [6.07, 6.45) is 0.315. The molecule has 1 aromatic carbocycles. The van der Waals surface area contributed by atoms with Gasteiger partial charge in [-0.25, -0.2) is 4.98 Å². The summed E-state index contributed by atoms with van der Waals surface area (Å²) in [4.78, 5) is 18.9. The number of nitrogens with zero attached hydrogens (tertiary/aromatic N) is 2. The number of carbonyl (C=O) groups is 1. The monoisotopic (exact) mass is 376 g/mol. The molecular formula is C18H17ClN2OS2. The van der Waals surface area contributed by atoms with Crippen molar-refractivity contribution in [2.75, 3.05) is 7.05 Å². The van der Waals surface area contributed by atoms with Crippen molar-refractivity contribution in [3.05, 3.63) is 62.8 Å². The van der Waals surface area contributed by atoms with Crippen molar-refractivity contribution in [3.63, 3.8) is 0 Å². The SMILES string of the molecule is C[C@@H](c1ccc(Cl)cc1)N(C)C(=O)Cc1csc(-c2ccsc2)n1. The van der Waals surface area contributed by atoms with Crippen LogP contribution in [-0.2, 0) is 11.2 Å². The van der Waals surface area contributed by atoms with Gasteiger partial charge < -0.3 is 4.90 Å². The maximum atomic E-state index is 12.6. The standard InChI is InChI=1S/C18H17ClN2OS2/c1-12(13-3-5-15(19)6-4-13)21(2)17(22)9-16-11-24-18(20-16)14-7-8-23-10-14/h3-8,10-12H,9H2,1-2H3/t12-/m0/s1. The number of aromatic nitrogens is 1. The Morgan fingerprint density at radius 1 is 1.25 bits per heavy atom. The molecule has 0 fully saturated rings. The van der Waals surface area contributed by atoms with Crippen LogP contribution in [0.25, 0.3) is 10.6 Å². The Labute approximate surface area is 154 Å². The maximum Gasteiger partial charge on any atom is 0.228 e. The van der Waals surface area contributed by atoms with Crippen LogP contribution in [0.5, 0.6) is 0 Å². The van der Waals surface area contributed by atoms with Gasteiger partial charge in [-0.3, -0.25) is 4.79 Å². The summed E-state index contributed by atoms with van der Waals surface area (Å²) >= 11 is 9.15. The molecule has 6 heteroatoms. The predicted molar refractivity (Wildman–Crippen MR) is 102 cm³/mol. The van der Waals surface area contributed by atoms with Gasteiger partial charge in [0.25, 0.3) is 0 Å². The molecule has 0 aliphatic rings. The maximum absolute atomic E-state index is 12.6. The lowest BCUT2D eigenvalue weighted by Crippen LogP contribution is -2.31. The van der Waals surface area contributed by atoms with E-state index in [2.05, 4.69) is 10.4 Å². The Kier molecular flexibility index (Phi) is 5.33. The molecule has 1 amide bonds. The van der Waals surface area contributed by atoms with Crippen molar-refractivity contribution in [2.24, 2.45) is 0 Å². The van der Waals surface area contributed by atoms with E-state index in [0.29, 0.717) is 11.4 Å². The third-order valence-corrected chi connectivity index (χ3v) is 5.85. The van der Waals surface area contributed by atoms with Gasteiger partial charge in [0.15, 0.2) is 0 Å². The van der Waals surface area contributed by atoms with E-state index in [1.807, 2.05) is 55.1 Å². The molecule has 3 nitrogen and oxygen atoms in total. The smallest absolute Gasteiger partial charge is 0.228 e. The molecule has 0 aliphatic heterocycles. The molecular weight excluding hydrogens is 360 g/mol. The number of likely N-dealkylation sites (N-methyl/N-ethyl adjacent to an activating group) is 1. The molecule has 1 atom stereocenters. The van der Waals surface area contributed by atoms with Crippen LogP contribution < -0.4 is 0 Å². The second-order valence-corrected chi connectivity index (χ2v) is 7.64. The van der Waals surface area contributed by atoms with E-state index in [1.54, 1.807) is 27.6 Å². The van der Waals surface area contributed by atoms with Crippen molar-refractivity contribution < 1.29 is 4.79 Å². The minimum atomic E-state index is -0.00949. The lowest BCUT2D eigenvalue weighted by atomic mass is 10.1. The number of hydrogen-bond acceptors (Lipinski definition) is 4. The van der Waals surface area contributed by atoms with Gasteiger partial charge in [-0.05, 0) is 36.1 Å². The third kappa shape index (κ3) is 3.86. The summed E-state index contributed by atoms with van der Waals surface area (Å²) in [5.74, 6) is 0.0552. The van der Waals surface area contributed by atoms with Crippen LogP contribution in [-0.4, -0.2) is 22.8 Å². The number of hydrogen-bond donors (Lipinski definition) is 0. The lowest BCUT2D eigenvalue weighted by molar-refractivity contribution is -0.131. The van der Waals surface area contributed by atoms with Crippen LogP contribution >= 0.6 is 34.3 Å². The van der Waals surface area contributed by atoms with Crippen LogP contribution in [0.3, 0.4) is 0 Å². The van der Waals surface area contributed by atoms with Gasteiger partial charge in [0.1, 0.15) is 5.01 Å². The highest BCUT2D eigenvalue weighted by Gasteiger charge is 2.19. The molecule has 124 valence electrons. The van der Waals surface area contributed by atoms with Crippen molar-refractivity contribution in [2.45, 2.75) is 19.4 Å². The molecule has 24 heavy (non-hydrogen) atoms. The molecule has 0 saturated carbocycles. The van der Waals surface area contributed by atoms with E-state index < -0.39 is 0 Å². The first kappa shape index (κ1) is 17.1. The lowest BCUT2D eigenvalue weighted by Gasteiger charge is -2.25. The Hall–Kier alpha value is -1.69. The molecule has 0 radical (unpaired) electrons. The molecule has 3 aromatic rings. The number of thiophene rings is 1. The summed E-state index contributed by atoms with van der Waals surface area (Å²) in [7, 11) is 1.83. The first-order chi connectivity index (χ1) is 11.5.